The molecule has 0 heterocycles. The van der Waals surface area contributed by atoms with Gasteiger partial charge in [0.2, 0.25) is 13.6 Å². The summed E-state index contributed by atoms with van der Waals surface area (Å²) in [5.74, 6) is -0.439. The van der Waals surface area contributed by atoms with Crippen molar-refractivity contribution in [1.29, 1.82) is 0 Å². The van der Waals surface area contributed by atoms with Gasteiger partial charge in [-0.1, -0.05) is 49.6 Å². The Morgan fingerprint density at radius 3 is 1.54 bits per heavy atom. The first-order valence-electron chi connectivity index (χ1n) is 10.7. The Bertz CT molecular complexity index is 1230. The third-order valence-corrected chi connectivity index (χ3v) is 4.85. The van der Waals surface area contributed by atoms with Crippen molar-refractivity contribution in [2.45, 2.75) is 13.8 Å². The van der Waals surface area contributed by atoms with Crippen LogP contribution in [0.15, 0.2) is 91.0 Å². The van der Waals surface area contributed by atoms with Crippen LogP contribution in [0.1, 0.15) is 13.8 Å². The molecule has 0 aliphatic carbocycles. The monoisotopic (exact) mass is 476 g/mol. The standard InChI is InChI=1S/C28H25FO6/c1-18(2)27(30)34-16-32-23-10-5-20(6-11-23)22-9-14-25(26(29)15-22)21-7-12-24(13-8-21)33-17-35-28(31)19(3)4/h5-15H,1,3,16-17H2,2,4H3. The zero-order valence-electron chi connectivity index (χ0n) is 19.5. The Morgan fingerprint density at radius 1 is 0.686 bits per heavy atom. The van der Waals surface area contributed by atoms with Crippen molar-refractivity contribution in [2.75, 3.05) is 13.6 Å². The summed E-state index contributed by atoms with van der Waals surface area (Å²) < 4.78 is 35.4. The van der Waals surface area contributed by atoms with Crippen molar-refractivity contribution in [3.63, 3.8) is 0 Å². The first-order valence-corrected chi connectivity index (χ1v) is 10.7. The van der Waals surface area contributed by atoms with Gasteiger partial charge in [-0.25, -0.2) is 14.0 Å². The molecule has 0 fully saturated rings. The highest BCUT2D eigenvalue weighted by atomic mass is 19.1. The lowest BCUT2D eigenvalue weighted by molar-refractivity contribution is -0.146. The van der Waals surface area contributed by atoms with E-state index in [0.717, 1.165) is 5.56 Å². The molecule has 0 radical (unpaired) electrons. The van der Waals surface area contributed by atoms with E-state index in [0.29, 0.717) is 33.8 Å². The molecular formula is C28H25FO6. The SMILES string of the molecule is C=C(C)C(=O)OCOc1ccc(-c2ccc(-c3ccc(OCOC(=O)C(=C)C)cc3)c(F)c2)cc1. The number of carbonyl (C=O) groups excluding carboxylic acids is 2. The number of ether oxygens (including phenoxy) is 4. The predicted molar refractivity (Wildman–Crippen MR) is 130 cm³/mol. The highest BCUT2D eigenvalue weighted by Crippen LogP contribution is 2.30. The van der Waals surface area contributed by atoms with Crippen molar-refractivity contribution >= 4 is 11.9 Å². The minimum absolute atomic E-state index is 0.224. The highest BCUT2D eigenvalue weighted by Gasteiger charge is 2.09. The van der Waals surface area contributed by atoms with Gasteiger partial charge >= 0.3 is 11.9 Å². The van der Waals surface area contributed by atoms with Gasteiger partial charge in [-0.3, -0.25) is 0 Å². The summed E-state index contributed by atoms with van der Waals surface area (Å²) in [4.78, 5) is 22.7. The molecule has 3 rings (SSSR count). The van der Waals surface area contributed by atoms with Crippen LogP contribution in [0.3, 0.4) is 0 Å². The second kappa shape index (κ2) is 11.7. The summed E-state index contributed by atoms with van der Waals surface area (Å²) in [7, 11) is 0. The van der Waals surface area contributed by atoms with E-state index in [9.17, 15) is 14.0 Å². The smallest absolute Gasteiger partial charge is 0.335 e. The summed E-state index contributed by atoms with van der Waals surface area (Å²) in [5.41, 5.74) is 3.19. The Morgan fingerprint density at radius 2 is 1.11 bits per heavy atom. The van der Waals surface area contributed by atoms with Gasteiger partial charge in [0.1, 0.15) is 17.3 Å². The van der Waals surface area contributed by atoms with E-state index < -0.39 is 11.9 Å². The van der Waals surface area contributed by atoms with Crippen molar-refractivity contribution in [2.24, 2.45) is 0 Å². The van der Waals surface area contributed by atoms with E-state index in [-0.39, 0.29) is 25.0 Å². The van der Waals surface area contributed by atoms with Gasteiger partial charge in [0, 0.05) is 16.7 Å². The average molecular weight is 477 g/mol. The Labute approximate surface area is 203 Å². The predicted octanol–water partition coefficient (Wildman–Crippen LogP) is 6.07. The second-order valence-electron chi connectivity index (χ2n) is 7.69. The van der Waals surface area contributed by atoms with Gasteiger partial charge in [-0.05, 0) is 60.9 Å². The zero-order valence-corrected chi connectivity index (χ0v) is 19.5. The van der Waals surface area contributed by atoms with Crippen LogP contribution in [0.4, 0.5) is 4.39 Å². The molecule has 35 heavy (non-hydrogen) atoms. The van der Waals surface area contributed by atoms with Crippen molar-refractivity contribution in [3.05, 3.63) is 96.9 Å². The molecule has 0 aliphatic heterocycles. The van der Waals surface area contributed by atoms with E-state index in [2.05, 4.69) is 13.2 Å². The fraction of sp³-hybridized carbons (Fsp3) is 0.143. The molecule has 6 nitrogen and oxygen atoms in total. The van der Waals surface area contributed by atoms with Crippen molar-refractivity contribution in [3.8, 4) is 33.8 Å². The second-order valence-corrected chi connectivity index (χ2v) is 7.69. The Kier molecular flexibility index (Phi) is 8.40. The van der Waals surface area contributed by atoms with E-state index in [1.807, 2.05) is 6.07 Å². The minimum Gasteiger partial charge on any atom is -0.457 e. The summed E-state index contributed by atoms with van der Waals surface area (Å²) in [6, 6.07) is 18.8. The maximum absolute atomic E-state index is 14.9. The van der Waals surface area contributed by atoms with Crippen molar-refractivity contribution in [1.82, 2.24) is 0 Å². The number of hydrogen-bond acceptors (Lipinski definition) is 6. The quantitative estimate of drug-likeness (QED) is 0.201. The van der Waals surface area contributed by atoms with Gasteiger partial charge in [-0.2, -0.15) is 0 Å². The number of carbonyl (C=O) groups is 2. The van der Waals surface area contributed by atoms with Crippen molar-refractivity contribution < 1.29 is 32.9 Å². The van der Waals surface area contributed by atoms with E-state index in [4.69, 9.17) is 18.9 Å². The van der Waals surface area contributed by atoms with Crippen LogP contribution >= 0.6 is 0 Å². The van der Waals surface area contributed by atoms with Gasteiger partial charge in [-0.15, -0.1) is 0 Å². The molecule has 0 amide bonds. The van der Waals surface area contributed by atoms with Crippen LogP contribution in [0.5, 0.6) is 11.5 Å². The van der Waals surface area contributed by atoms with Gasteiger partial charge < -0.3 is 18.9 Å². The topological polar surface area (TPSA) is 71.1 Å². The maximum atomic E-state index is 14.9. The fourth-order valence-corrected chi connectivity index (χ4v) is 2.95. The lowest BCUT2D eigenvalue weighted by Crippen LogP contribution is -2.10. The average Bonchev–Trinajstić information content (AvgIpc) is 2.84. The normalized spacial score (nSPS) is 10.3. The number of halogens is 1. The molecule has 0 aliphatic rings. The Balaban J connectivity index is 1.61. The molecule has 0 unspecified atom stereocenters. The van der Waals surface area contributed by atoms with E-state index >= 15 is 0 Å². The lowest BCUT2D eigenvalue weighted by atomic mass is 9.99. The summed E-state index contributed by atoms with van der Waals surface area (Å²) in [6.45, 7) is 9.63. The molecule has 3 aromatic rings. The third-order valence-electron chi connectivity index (χ3n) is 4.85. The molecule has 7 heteroatoms. The third kappa shape index (κ3) is 7.04. The highest BCUT2D eigenvalue weighted by molar-refractivity contribution is 5.87. The summed E-state index contributed by atoms with van der Waals surface area (Å²) >= 11 is 0. The summed E-state index contributed by atoms with van der Waals surface area (Å²) in [5, 5.41) is 0. The summed E-state index contributed by atoms with van der Waals surface area (Å²) in [6.07, 6.45) is 0. The molecule has 0 atom stereocenters. The number of benzene rings is 3. The van der Waals surface area contributed by atoms with Gasteiger partial charge in [0.25, 0.3) is 0 Å². The number of rotatable bonds is 10. The molecule has 0 saturated heterocycles. The van der Waals surface area contributed by atoms with Crippen LogP contribution in [0.25, 0.3) is 22.3 Å². The van der Waals surface area contributed by atoms with Crippen LogP contribution in [0.2, 0.25) is 0 Å². The first-order chi connectivity index (χ1) is 16.7. The zero-order chi connectivity index (χ0) is 25.4. The van der Waals surface area contributed by atoms with Crippen LogP contribution in [-0.4, -0.2) is 25.5 Å². The molecule has 0 bridgehead atoms. The number of hydrogen-bond donors (Lipinski definition) is 0. The fourth-order valence-electron chi connectivity index (χ4n) is 2.95. The van der Waals surface area contributed by atoms with Gasteiger partial charge in [0.15, 0.2) is 0 Å². The van der Waals surface area contributed by atoms with Crippen LogP contribution in [-0.2, 0) is 19.1 Å². The maximum Gasteiger partial charge on any atom is 0.335 e. The van der Waals surface area contributed by atoms with E-state index in [1.165, 1.54) is 6.07 Å². The molecule has 0 N–H and O–H groups in total. The molecule has 0 spiro atoms. The molecule has 3 aromatic carbocycles. The molecule has 180 valence electrons. The molecule has 0 aromatic heterocycles. The van der Waals surface area contributed by atoms with E-state index in [1.54, 1.807) is 68.4 Å². The minimum atomic E-state index is -0.532. The first kappa shape index (κ1) is 25.2. The number of esters is 2. The van der Waals surface area contributed by atoms with Crippen LogP contribution < -0.4 is 9.47 Å². The molecule has 0 saturated carbocycles. The Hall–Kier alpha value is -4.39. The largest absolute Gasteiger partial charge is 0.457 e. The molecular weight excluding hydrogens is 451 g/mol. The lowest BCUT2D eigenvalue weighted by Gasteiger charge is -2.10. The van der Waals surface area contributed by atoms with Crippen LogP contribution in [0, 0.1) is 5.82 Å². The van der Waals surface area contributed by atoms with Gasteiger partial charge in [0.05, 0.1) is 0 Å².